The van der Waals surface area contributed by atoms with Crippen LogP contribution in [0.2, 0.25) is 5.28 Å². The van der Waals surface area contributed by atoms with Crippen LogP contribution in [0.1, 0.15) is 34.8 Å². The Hall–Kier alpha value is -2.88. The fourth-order valence-corrected chi connectivity index (χ4v) is 3.41. The number of carbonyl (C=O) groups excluding carboxylic acids is 2. The summed E-state index contributed by atoms with van der Waals surface area (Å²) in [7, 11) is 0. The van der Waals surface area contributed by atoms with Crippen molar-refractivity contribution in [1.82, 2.24) is 19.5 Å². The maximum Gasteiger partial charge on any atom is 0.320 e. The van der Waals surface area contributed by atoms with Crippen molar-refractivity contribution in [2.24, 2.45) is 11.5 Å². The molecule has 0 amide bonds. The Bertz CT molecular complexity index is 1110. The van der Waals surface area contributed by atoms with Crippen LogP contribution in [0.3, 0.4) is 0 Å². The molecule has 1 aliphatic carbocycles. The van der Waals surface area contributed by atoms with E-state index in [0.717, 1.165) is 12.8 Å². The first-order chi connectivity index (χ1) is 14.0. The summed E-state index contributed by atoms with van der Waals surface area (Å²) in [5, 5.41) is 0.0651. The average molecular weight is 415 g/mol. The van der Waals surface area contributed by atoms with Crippen molar-refractivity contribution in [2.75, 3.05) is 13.1 Å². The number of fused-ring (bicyclic) bond motifs is 1. The third-order valence-corrected chi connectivity index (χ3v) is 4.96. The summed E-state index contributed by atoms with van der Waals surface area (Å²) in [6, 6.07) is 5.47. The van der Waals surface area contributed by atoms with Gasteiger partial charge in [0.15, 0.2) is 11.4 Å². The number of imidazole rings is 1. The van der Waals surface area contributed by atoms with Crippen LogP contribution in [0.25, 0.3) is 22.4 Å². The van der Waals surface area contributed by atoms with Crippen molar-refractivity contribution in [2.45, 2.75) is 25.5 Å². The van der Waals surface area contributed by atoms with Crippen LogP contribution in [-0.2, 0) is 16.1 Å². The fraction of sp³-hybridized carbons (Fsp3) is 0.316. The molecule has 0 bridgehead atoms. The van der Waals surface area contributed by atoms with Gasteiger partial charge in [-0.15, -0.1) is 0 Å². The largest absolute Gasteiger partial charge is 0.460 e. The molecule has 4 N–H and O–H groups in total. The van der Waals surface area contributed by atoms with Crippen LogP contribution in [0.5, 0.6) is 0 Å². The molecule has 1 aromatic carbocycles. The molecule has 10 heteroatoms. The molecule has 0 saturated heterocycles. The zero-order chi connectivity index (χ0) is 20.5. The number of Topliss-reactive ketones (excluding diaryl/α,β-unsaturated/α-hetero) is 1. The van der Waals surface area contributed by atoms with Crippen LogP contribution in [0, 0.1) is 0 Å². The van der Waals surface area contributed by atoms with Crippen molar-refractivity contribution in [3.05, 3.63) is 40.9 Å². The highest BCUT2D eigenvalue weighted by atomic mass is 35.5. The molecule has 0 spiro atoms. The topological polar surface area (TPSA) is 139 Å². The molecule has 2 heterocycles. The van der Waals surface area contributed by atoms with E-state index >= 15 is 0 Å². The van der Waals surface area contributed by atoms with Gasteiger partial charge in [0.2, 0.25) is 5.28 Å². The van der Waals surface area contributed by atoms with Gasteiger partial charge in [0, 0.05) is 22.7 Å². The predicted octanol–water partition coefficient (Wildman–Crippen LogP) is 1.62. The Morgan fingerprint density at radius 3 is 2.69 bits per heavy atom. The molecule has 2 aromatic heterocycles. The Balaban J connectivity index is 1.90. The van der Waals surface area contributed by atoms with Gasteiger partial charge in [-0.25, -0.2) is 9.97 Å². The van der Waals surface area contributed by atoms with Crippen molar-refractivity contribution >= 4 is 34.5 Å². The van der Waals surface area contributed by atoms with E-state index in [-0.39, 0.29) is 30.8 Å². The Morgan fingerprint density at radius 1 is 1.21 bits per heavy atom. The molecule has 150 valence electrons. The lowest BCUT2D eigenvalue weighted by molar-refractivity contribution is -0.143. The maximum absolute atomic E-state index is 12.4. The van der Waals surface area contributed by atoms with E-state index in [2.05, 4.69) is 15.0 Å². The molecule has 9 nitrogen and oxygen atoms in total. The van der Waals surface area contributed by atoms with Gasteiger partial charge in [-0.2, -0.15) is 4.98 Å². The third kappa shape index (κ3) is 3.71. The lowest BCUT2D eigenvalue weighted by Gasteiger charge is -2.14. The van der Waals surface area contributed by atoms with Gasteiger partial charge in [0.1, 0.15) is 17.8 Å². The molecule has 4 rings (SSSR count). The number of carbonyl (C=O) groups is 2. The average Bonchev–Trinajstić information content (AvgIpc) is 3.49. The molecular formula is C19H19ClN6O3. The van der Waals surface area contributed by atoms with Crippen molar-refractivity contribution in [3.63, 3.8) is 0 Å². The van der Waals surface area contributed by atoms with Gasteiger partial charge in [-0.1, -0.05) is 18.2 Å². The quantitative estimate of drug-likeness (QED) is 0.337. The molecule has 3 aromatic rings. The Labute approximate surface area is 171 Å². The number of hydrogen-bond donors (Lipinski definition) is 2. The number of ether oxygens (including phenoxy) is 1. The highest BCUT2D eigenvalue weighted by Crippen LogP contribution is 2.39. The number of benzene rings is 1. The summed E-state index contributed by atoms with van der Waals surface area (Å²) in [5.74, 6) is -0.875. The lowest BCUT2D eigenvalue weighted by atomic mass is 9.96. The fourth-order valence-electron chi connectivity index (χ4n) is 3.24. The summed E-state index contributed by atoms with van der Waals surface area (Å²) in [6.07, 6.45) is 3.84. The van der Waals surface area contributed by atoms with E-state index in [9.17, 15) is 9.59 Å². The second kappa shape index (κ2) is 7.86. The first-order valence-corrected chi connectivity index (χ1v) is 9.52. The molecule has 1 fully saturated rings. The normalized spacial score (nSPS) is 13.6. The van der Waals surface area contributed by atoms with Crippen LogP contribution in [-0.4, -0.2) is 44.4 Å². The van der Waals surface area contributed by atoms with Crippen molar-refractivity contribution < 1.29 is 14.3 Å². The number of rotatable bonds is 7. The Kier molecular flexibility index (Phi) is 5.27. The molecule has 29 heavy (non-hydrogen) atoms. The minimum Gasteiger partial charge on any atom is -0.460 e. The maximum atomic E-state index is 12.4. The van der Waals surface area contributed by atoms with Gasteiger partial charge < -0.3 is 20.8 Å². The summed E-state index contributed by atoms with van der Waals surface area (Å²) in [5.41, 5.74) is 13.9. The molecule has 0 atom stereocenters. The van der Waals surface area contributed by atoms with Gasteiger partial charge in [0.25, 0.3) is 0 Å². The standard InChI is InChI=1S/C19H19ClN6O3/c20-19-24-16(17-18(25-19)26(9-23-17)10-4-5-10)12-3-1-2-11(14(27)6-21)13(12)8-29-15(28)7-22/h1-3,9-10H,4-8,21-22H2. The summed E-state index contributed by atoms with van der Waals surface area (Å²) >= 11 is 6.21. The zero-order valence-corrected chi connectivity index (χ0v) is 16.2. The summed E-state index contributed by atoms with van der Waals surface area (Å²) in [4.78, 5) is 37.2. The number of nitrogens with two attached hydrogens (primary N) is 2. The number of nitrogens with zero attached hydrogens (tertiary/aromatic N) is 4. The second-order valence-electron chi connectivity index (χ2n) is 6.72. The van der Waals surface area contributed by atoms with Crippen LogP contribution in [0.4, 0.5) is 0 Å². The van der Waals surface area contributed by atoms with Crippen molar-refractivity contribution in [1.29, 1.82) is 0 Å². The summed E-state index contributed by atoms with van der Waals surface area (Å²) in [6.45, 7) is -0.602. The highest BCUT2D eigenvalue weighted by Gasteiger charge is 2.28. The molecule has 0 unspecified atom stereocenters. The smallest absolute Gasteiger partial charge is 0.320 e. The monoisotopic (exact) mass is 414 g/mol. The van der Waals surface area contributed by atoms with E-state index in [1.165, 1.54) is 0 Å². The van der Waals surface area contributed by atoms with Crippen LogP contribution in [0.15, 0.2) is 24.5 Å². The minimum absolute atomic E-state index is 0.0651. The molecule has 1 aliphatic rings. The number of hydrogen-bond acceptors (Lipinski definition) is 8. The van der Waals surface area contributed by atoms with Crippen LogP contribution < -0.4 is 11.5 Å². The van der Waals surface area contributed by atoms with E-state index < -0.39 is 5.97 Å². The Morgan fingerprint density at radius 2 is 2.00 bits per heavy atom. The highest BCUT2D eigenvalue weighted by molar-refractivity contribution is 6.28. The molecule has 1 saturated carbocycles. The number of esters is 1. The number of ketones is 1. The lowest BCUT2D eigenvalue weighted by Crippen LogP contribution is -2.20. The molecule has 0 aliphatic heterocycles. The minimum atomic E-state index is -0.588. The van der Waals surface area contributed by atoms with Crippen LogP contribution >= 0.6 is 11.6 Å². The number of aromatic nitrogens is 4. The first-order valence-electron chi connectivity index (χ1n) is 9.14. The zero-order valence-electron chi connectivity index (χ0n) is 15.5. The van der Waals surface area contributed by atoms with E-state index in [1.54, 1.807) is 24.5 Å². The predicted molar refractivity (Wildman–Crippen MR) is 106 cm³/mol. The molecular weight excluding hydrogens is 396 g/mol. The van der Waals surface area contributed by atoms with E-state index in [1.807, 2.05) is 4.57 Å². The third-order valence-electron chi connectivity index (χ3n) is 4.80. The number of halogens is 1. The van der Waals surface area contributed by atoms with Gasteiger partial charge >= 0.3 is 5.97 Å². The first kappa shape index (κ1) is 19.4. The SMILES string of the molecule is NCC(=O)OCc1c(C(=O)CN)cccc1-c1nc(Cl)nc2c1ncn2C1CC1. The van der Waals surface area contributed by atoms with Gasteiger partial charge in [-0.3, -0.25) is 9.59 Å². The summed E-state index contributed by atoms with van der Waals surface area (Å²) < 4.78 is 7.19. The van der Waals surface area contributed by atoms with Crippen molar-refractivity contribution in [3.8, 4) is 11.3 Å². The van der Waals surface area contributed by atoms with E-state index in [4.69, 9.17) is 27.8 Å². The molecule has 0 radical (unpaired) electrons. The second-order valence-corrected chi connectivity index (χ2v) is 7.06. The van der Waals surface area contributed by atoms with Gasteiger partial charge in [-0.05, 0) is 24.4 Å². The van der Waals surface area contributed by atoms with Gasteiger partial charge in [0.05, 0.1) is 19.4 Å². The van der Waals surface area contributed by atoms with E-state index in [0.29, 0.717) is 39.6 Å².